The molecule has 0 bridgehead atoms. The largest absolute Gasteiger partial charge is 0.399 e. The summed E-state index contributed by atoms with van der Waals surface area (Å²) in [4.78, 5) is 9.29. The first kappa shape index (κ1) is 11.2. The average molecular weight is 239 g/mol. The van der Waals surface area contributed by atoms with E-state index in [0.717, 1.165) is 29.2 Å². The van der Waals surface area contributed by atoms with Gasteiger partial charge < -0.3 is 5.73 Å². The standard InChI is InChI=1S/C15H17N3/c1-2-13-9-14(10-6-7-10)18-15(17-13)11-4-3-5-12(16)8-11/h3-5,8-10H,2,6-7,16H2,1H3. The lowest BCUT2D eigenvalue weighted by molar-refractivity contribution is 0.936. The maximum atomic E-state index is 5.82. The fourth-order valence-electron chi connectivity index (χ4n) is 2.09. The number of nitrogen functional groups attached to an aromatic ring is 1. The van der Waals surface area contributed by atoms with E-state index in [1.165, 1.54) is 18.5 Å². The summed E-state index contributed by atoms with van der Waals surface area (Å²) >= 11 is 0. The Hall–Kier alpha value is -1.90. The van der Waals surface area contributed by atoms with Crippen molar-refractivity contribution in [3.8, 4) is 11.4 Å². The second-order valence-electron chi connectivity index (χ2n) is 4.86. The molecule has 0 spiro atoms. The molecule has 2 aromatic rings. The fourth-order valence-corrected chi connectivity index (χ4v) is 2.09. The summed E-state index contributed by atoms with van der Waals surface area (Å²) in [6, 6.07) is 9.93. The molecule has 2 N–H and O–H groups in total. The SMILES string of the molecule is CCc1cc(C2CC2)nc(-c2cccc(N)c2)n1. The van der Waals surface area contributed by atoms with E-state index < -0.39 is 0 Å². The normalized spacial score (nSPS) is 14.7. The van der Waals surface area contributed by atoms with Gasteiger partial charge in [0.05, 0.1) is 0 Å². The van der Waals surface area contributed by atoms with Gasteiger partial charge in [0.1, 0.15) is 0 Å². The number of rotatable bonds is 3. The molecule has 0 aliphatic heterocycles. The molecule has 1 aromatic heterocycles. The Labute approximate surface area is 107 Å². The molecule has 3 heteroatoms. The summed E-state index contributed by atoms with van der Waals surface area (Å²) in [5.74, 6) is 1.46. The predicted octanol–water partition coefficient (Wildman–Crippen LogP) is 3.17. The molecule has 1 aromatic carbocycles. The number of nitrogens with zero attached hydrogens (tertiary/aromatic N) is 2. The van der Waals surface area contributed by atoms with Crippen molar-refractivity contribution in [2.75, 3.05) is 5.73 Å². The van der Waals surface area contributed by atoms with Crippen molar-refractivity contribution in [3.63, 3.8) is 0 Å². The summed E-state index contributed by atoms with van der Waals surface area (Å²) < 4.78 is 0. The van der Waals surface area contributed by atoms with Gasteiger partial charge in [-0.05, 0) is 37.5 Å². The van der Waals surface area contributed by atoms with Crippen molar-refractivity contribution in [2.45, 2.75) is 32.1 Å². The molecule has 92 valence electrons. The zero-order chi connectivity index (χ0) is 12.5. The number of anilines is 1. The van der Waals surface area contributed by atoms with Crippen LogP contribution in [0.5, 0.6) is 0 Å². The second kappa shape index (κ2) is 4.41. The van der Waals surface area contributed by atoms with Gasteiger partial charge in [0.2, 0.25) is 0 Å². The quantitative estimate of drug-likeness (QED) is 0.837. The van der Waals surface area contributed by atoms with E-state index in [-0.39, 0.29) is 0 Å². The monoisotopic (exact) mass is 239 g/mol. The molecule has 1 aliphatic carbocycles. The minimum Gasteiger partial charge on any atom is -0.399 e. The van der Waals surface area contributed by atoms with Crippen molar-refractivity contribution in [1.29, 1.82) is 0 Å². The Balaban J connectivity index is 2.07. The third kappa shape index (κ3) is 2.21. The molecule has 1 heterocycles. The zero-order valence-electron chi connectivity index (χ0n) is 10.6. The number of aryl methyl sites for hydroxylation is 1. The predicted molar refractivity (Wildman–Crippen MR) is 73.2 cm³/mol. The van der Waals surface area contributed by atoms with Crippen LogP contribution in [0, 0.1) is 0 Å². The molecule has 1 saturated carbocycles. The van der Waals surface area contributed by atoms with Crippen LogP contribution in [-0.2, 0) is 6.42 Å². The molecule has 18 heavy (non-hydrogen) atoms. The van der Waals surface area contributed by atoms with E-state index in [9.17, 15) is 0 Å². The summed E-state index contributed by atoms with van der Waals surface area (Å²) in [6.45, 7) is 2.13. The van der Waals surface area contributed by atoms with E-state index in [2.05, 4.69) is 23.0 Å². The molecule has 0 radical (unpaired) electrons. The molecule has 0 unspecified atom stereocenters. The van der Waals surface area contributed by atoms with Gasteiger partial charge in [0.15, 0.2) is 5.82 Å². The highest BCUT2D eigenvalue weighted by Gasteiger charge is 2.26. The lowest BCUT2D eigenvalue weighted by Crippen LogP contribution is -1.99. The first-order chi connectivity index (χ1) is 8.76. The van der Waals surface area contributed by atoms with Gasteiger partial charge in [-0.3, -0.25) is 0 Å². The summed E-state index contributed by atoms with van der Waals surface area (Å²) in [6.07, 6.45) is 3.46. The Bertz CT molecular complexity index is 574. The highest BCUT2D eigenvalue weighted by Crippen LogP contribution is 2.39. The van der Waals surface area contributed by atoms with Crippen LogP contribution in [0.25, 0.3) is 11.4 Å². The Kier molecular flexibility index (Phi) is 2.74. The van der Waals surface area contributed by atoms with Gasteiger partial charge in [-0.1, -0.05) is 19.1 Å². The average Bonchev–Trinajstić information content (AvgIpc) is 3.22. The third-order valence-corrected chi connectivity index (χ3v) is 3.30. The van der Waals surface area contributed by atoms with E-state index in [1.807, 2.05) is 24.3 Å². The van der Waals surface area contributed by atoms with Crippen LogP contribution in [0.2, 0.25) is 0 Å². The second-order valence-corrected chi connectivity index (χ2v) is 4.86. The highest BCUT2D eigenvalue weighted by molar-refractivity contribution is 5.61. The van der Waals surface area contributed by atoms with Crippen LogP contribution in [0.15, 0.2) is 30.3 Å². The minimum absolute atomic E-state index is 0.651. The van der Waals surface area contributed by atoms with Crippen LogP contribution in [-0.4, -0.2) is 9.97 Å². The Morgan fingerprint density at radius 2 is 2.06 bits per heavy atom. The molecule has 0 amide bonds. The van der Waals surface area contributed by atoms with E-state index in [4.69, 9.17) is 5.73 Å². The molecule has 3 rings (SSSR count). The molecule has 1 aliphatic rings. The molecule has 0 saturated heterocycles. The Morgan fingerprint density at radius 1 is 1.22 bits per heavy atom. The molecule has 3 nitrogen and oxygen atoms in total. The van der Waals surface area contributed by atoms with Crippen LogP contribution < -0.4 is 5.73 Å². The molecule has 0 atom stereocenters. The smallest absolute Gasteiger partial charge is 0.159 e. The number of hydrogen-bond acceptors (Lipinski definition) is 3. The minimum atomic E-state index is 0.651. The van der Waals surface area contributed by atoms with E-state index in [0.29, 0.717) is 5.92 Å². The maximum absolute atomic E-state index is 5.82. The van der Waals surface area contributed by atoms with E-state index in [1.54, 1.807) is 0 Å². The number of aromatic nitrogens is 2. The molecular weight excluding hydrogens is 222 g/mol. The van der Waals surface area contributed by atoms with Gasteiger partial charge in [-0.15, -0.1) is 0 Å². The van der Waals surface area contributed by atoms with Crippen LogP contribution in [0.4, 0.5) is 5.69 Å². The lowest BCUT2D eigenvalue weighted by atomic mass is 10.1. The lowest BCUT2D eigenvalue weighted by Gasteiger charge is -2.07. The van der Waals surface area contributed by atoms with Crippen molar-refractivity contribution >= 4 is 5.69 Å². The maximum Gasteiger partial charge on any atom is 0.159 e. The number of hydrogen-bond donors (Lipinski definition) is 1. The Morgan fingerprint density at radius 3 is 2.72 bits per heavy atom. The van der Waals surface area contributed by atoms with Gasteiger partial charge in [-0.25, -0.2) is 9.97 Å². The first-order valence-corrected chi connectivity index (χ1v) is 6.50. The molecule has 1 fully saturated rings. The highest BCUT2D eigenvalue weighted by atomic mass is 14.9. The summed E-state index contributed by atoms with van der Waals surface area (Å²) in [5.41, 5.74) is 9.89. The van der Waals surface area contributed by atoms with Crippen molar-refractivity contribution < 1.29 is 0 Å². The van der Waals surface area contributed by atoms with Crippen LogP contribution >= 0.6 is 0 Å². The van der Waals surface area contributed by atoms with Gasteiger partial charge in [-0.2, -0.15) is 0 Å². The fraction of sp³-hybridized carbons (Fsp3) is 0.333. The third-order valence-electron chi connectivity index (χ3n) is 3.30. The van der Waals surface area contributed by atoms with Gasteiger partial charge in [0.25, 0.3) is 0 Å². The van der Waals surface area contributed by atoms with E-state index >= 15 is 0 Å². The van der Waals surface area contributed by atoms with Crippen LogP contribution in [0.1, 0.15) is 37.1 Å². The number of nitrogens with two attached hydrogens (primary N) is 1. The zero-order valence-corrected chi connectivity index (χ0v) is 10.6. The summed E-state index contributed by atoms with van der Waals surface area (Å²) in [7, 11) is 0. The first-order valence-electron chi connectivity index (χ1n) is 6.50. The van der Waals surface area contributed by atoms with Crippen molar-refractivity contribution in [1.82, 2.24) is 9.97 Å². The number of benzene rings is 1. The van der Waals surface area contributed by atoms with Gasteiger partial charge >= 0.3 is 0 Å². The topological polar surface area (TPSA) is 51.8 Å². The van der Waals surface area contributed by atoms with Gasteiger partial charge in [0, 0.05) is 28.6 Å². The van der Waals surface area contributed by atoms with Crippen molar-refractivity contribution in [2.24, 2.45) is 0 Å². The van der Waals surface area contributed by atoms with Crippen molar-refractivity contribution in [3.05, 3.63) is 41.7 Å². The van der Waals surface area contributed by atoms with Crippen LogP contribution in [0.3, 0.4) is 0 Å². The summed E-state index contributed by atoms with van der Waals surface area (Å²) in [5, 5.41) is 0. The molecular formula is C15H17N3.